The number of methoxy groups -OCH3 is 1. The average molecular weight is 282 g/mol. The molecule has 0 unspecified atom stereocenters. The summed E-state index contributed by atoms with van der Waals surface area (Å²) in [6.45, 7) is 0.0565. The minimum Gasteiger partial charge on any atom is -0.491 e. The highest BCUT2D eigenvalue weighted by molar-refractivity contribution is 5.79. The number of hydrogen-bond acceptors (Lipinski definition) is 5. The summed E-state index contributed by atoms with van der Waals surface area (Å²) in [6, 6.07) is 6.68. The molecular weight excluding hydrogens is 264 g/mol. The molecule has 0 aliphatic rings. The summed E-state index contributed by atoms with van der Waals surface area (Å²) in [7, 11) is 1.38. The molecule has 0 radical (unpaired) electrons. The van der Waals surface area contributed by atoms with Crippen LogP contribution >= 0.6 is 0 Å². The summed E-state index contributed by atoms with van der Waals surface area (Å²) < 4.78 is 10.3. The second-order valence-electron chi connectivity index (χ2n) is 3.99. The number of aliphatic carboxylic acids is 1. The monoisotopic (exact) mass is 282 g/mol. The number of benzene rings is 1. The second-order valence-corrected chi connectivity index (χ2v) is 3.99. The third kappa shape index (κ3) is 5.00. The highest BCUT2D eigenvalue weighted by Crippen LogP contribution is 2.23. The van der Waals surface area contributed by atoms with Crippen LogP contribution in [0.25, 0.3) is 0 Å². The van der Waals surface area contributed by atoms with Gasteiger partial charge in [0.25, 0.3) is 0 Å². The molecule has 0 aliphatic carbocycles. The zero-order valence-corrected chi connectivity index (χ0v) is 11.1. The smallest absolute Gasteiger partial charge is 0.328 e. The predicted octanol–water partition coefficient (Wildman–Crippen LogP) is 0.747. The number of hydrogen-bond donors (Lipinski definition) is 3. The summed E-state index contributed by atoms with van der Waals surface area (Å²) in [4.78, 5) is 10.5. The number of carboxylic acids is 1. The normalized spacial score (nSPS) is 14.2. The minimum absolute atomic E-state index is 0.102. The lowest BCUT2D eigenvalue weighted by Crippen LogP contribution is -2.19. The predicted molar refractivity (Wildman–Crippen MR) is 71.6 cm³/mol. The summed E-state index contributed by atoms with van der Waals surface area (Å²) in [5, 5.41) is 27.4. The van der Waals surface area contributed by atoms with E-state index in [1.807, 2.05) is 0 Å². The van der Waals surface area contributed by atoms with Crippen LogP contribution in [-0.4, -0.2) is 47.7 Å². The van der Waals surface area contributed by atoms with Crippen LogP contribution in [0.3, 0.4) is 0 Å². The van der Waals surface area contributed by atoms with Crippen molar-refractivity contribution in [2.24, 2.45) is 0 Å². The Morgan fingerprint density at radius 1 is 1.45 bits per heavy atom. The SMILES string of the molecule is CO[C@H](/C=C/C(=O)O)[C@H](O)c1cccc(OCCO)c1. The first-order chi connectivity index (χ1) is 9.58. The van der Waals surface area contributed by atoms with Crippen molar-refractivity contribution in [3.05, 3.63) is 42.0 Å². The van der Waals surface area contributed by atoms with Crippen LogP contribution in [0.5, 0.6) is 5.75 Å². The molecule has 0 aliphatic heterocycles. The van der Waals surface area contributed by atoms with Crippen molar-refractivity contribution in [2.45, 2.75) is 12.2 Å². The van der Waals surface area contributed by atoms with E-state index in [2.05, 4.69) is 0 Å². The molecule has 6 nitrogen and oxygen atoms in total. The largest absolute Gasteiger partial charge is 0.491 e. The van der Waals surface area contributed by atoms with E-state index in [0.29, 0.717) is 11.3 Å². The minimum atomic E-state index is -1.11. The maximum absolute atomic E-state index is 10.5. The highest BCUT2D eigenvalue weighted by atomic mass is 16.5. The molecule has 1 aromatic rings. The molecule has 3 N–H and O–H groups in total. The Kier molecular flexibility index (Phi) is 6.72. The molecule has 1 rings (SSSR count). The number of ether oxygens (including phenoxy) is 2. The number of aliphatic hydroxyl groups excluding tert-OH is 2. The van der Waals surface area contributed by atoms with Crippen molar-refractivity contribution in [3.63, 3.8) is 0 Å². The van der Waals surface area contributed by atoms with Crippen molar-refractivity contribution in [1.29, 1.82) is 0 Å². The molecule has 20 heavy (non-hydrogen) atoms. The van der Waals surface area contributed by atoms with E-state index < -0.39 is 18.2 Å². The first kappa shape index (κ1) is 16.2. The molecule has 0 aromatic heterocycles. The van der Waals surface area contributed by atoms with Crippen molar-refractivity contribution in [1.82, 2.24) is 0 Å². The van der Waals surface area contributed by atoms with Gasteiger partial charge < -0.3 is 24.8 Å². The van der Waals surface area contributed by atoms with Gasteiger partial charge in [-0.1, -0.05) is 12.1 Å². The van der Waals surface area contributed by atoms with Crippen molar-refractivity contribution >= 4 is 5.97 Å². The highest BCUT2D eigenvalue weighted by Gasteiger charge is 2.18. The fourth-order valence-corrected chi connectivity index (χ4v) is 1.63. The van der Waals surface area contributed by atoms with Gasteiger partial charge in [-0.2, -0.15) is 0 Å². The van der Waals surface area contributed by atoms with Crippen LogP contribution in [0.2, 0.25) is 0 Å². The maximum atomic E-state index is 10.5. The first-order valence-corrected chi connectivity index (χ1v) is 6.04. The van der Waals surface area contributed by atoms with Crippen LogP contribution in [0.15, 0.2) is 36.4 Å². The van der Waals surface area contributed by atoms with Crippen LogP contribution in [0.1, 0.15) is 11.7 Å². The Morgan fingerprint density at radius 3 is 2.80 bits per heavy atom. The van der Waals surface area contributed by atoms with E-state index in [1.165, 1.54) is 13.2 Å². The lowest BCUT2D eigenvalue weighted by molar-refractivity contribution is -0.131. The van der Waals surface area contributed by atoms with E-state index in [4.69, 9.17) is 19.7 Å². The van der Waals surface area contributed by atoms with Crippen molar-refractivity contribution in [3.8, 4) is 5.75 Å². The van der Waals surface area contributed by atoms with E-state index in [1.54, 1.807) is 24.3 Å². The molecule has 0 amide bonds. The van der Waals surface area contributed by atoms with E-state index in [9.17, 15) is 9.90 Å². The first-order valence-electron chi connectivity index (χ1n) is 6.04. The Bertz CT molecular complexity index is 457. The van der Waals surface area contributed by atoms with Crippen LogP contribution in [0, 0.1) is 0 Å². The number of carbonyl (C=O) groups is 1. The summed E-state index contributed by atoms with van der Waals surface area (Å²) >= 11 is 0. The summed E-state index contributed by atoms with van der Waals surface area (Å²) in [5.41, 5.74) is 0.530. The molecular formula is C14H18O6. The molecule has 0 saturated heterocycles. The van der Waals surface area contributed by atoms with Gasteiger partial charge in [0.1, 0.15) is 24.6 Å². The Hall–Kier alpha value is -1.89. The standard InChI is InChI=1S/C14H18O6/c1-19-12(5-6-13(16)17)14(18)10-3-2-4-11(9-10)20-8-7-15/h2-6,9,12,14-15,18H,7-8H2,1H3,(H,16,17)/b6-5+/t12-,14-/m1/s1. The van der Waals surface area contributed by atoms with Gasteiger partial charge >= 0.3 is 5.97 Å². The fraction of sp³-hybridized carbons (Fsp3) is 0.357. The number of rotatable bonds is 8. The molecule has 2 atom stereocenters. The third-order valence-electron chi connectivity index (χ3n) is 2.57. The molecule has 0 saturated carbocycles. The molecule has 110 valence electrons. The Labute approximate surface area is 116 Å². The zero-order chi connectivity index (χ0) is 15.0. The van der Waals surface area contributed by atoms with Gasteiger partial charge in [0, 0.05) is 13.2 Å². The quantitative estimate of drug-likeness (QED) is 0.609. The topological polar surface area (TPSA) is 96.2 Å². The molecule has 6 heteroatoms. The van der Waals surface area contributed by atoms with Crippen LogP contribution in [-0.2, 0) is 9.53 Å². The average Bonchev–Trinajstić information content (AvgIpc) is 2.45. The number of aliphatic hydroxyl groups is 2. The van der Waals surface area contributed by atoms with Gasteiger partial charge in [-0.05, 0) is 23.8 Å². The molecule has 0 bridgehead atoms. The molecule has 0 spiro atoms. The Morgan fingerprint density at radius 2 is 2.20 bits per heavy atom. The zero-order valence-electron chi connectivity index (χ0n) is 11.1. The summed E-state index contributed by atoms with van der Waals surface area (Å²) in [6.07, 6.45) is 0.394. The molecule has 1 aromatic carbocycles. The van der Waals surface area contributed by atoms with Gasteiger partial charge in [-0.3, -0.25) is 0 Å². The van der Waals surface area contributed by atoms with Gasteiger partial charge in [-0.25, -0.2) is 4.79 Å². The summed E-state index contributed by atoms with van der Waals surface area (Å²) in [5.74, 6) is -0.605. The van der Waals surface area contributed by atoms with Gasteiger partial charge in [0.2, 0.25) is 0 Å². The van der Waals surface area contributed by atoms with E-state index in [0.717, 1.165) is 6.08 Å². The van der Waals surface area contributed by atoms with Crippen molar-refractivity contribution < 1.29 is 29.6 Å². The van der Waals surface area contributed by atoms with Crippen molar-refractivity contribution in [2.75, 3.05) is 20.3 Å². The second kappa shape index (κ2) is 8.31. The third-order valence-corrected chi connectivity index (χ3v) is 2.57. The molecule has 0 fully saturated rings. The van der Waals surface area contributed by atoms with Gasteiger partial charge in [0.05, 0.1) is 6.61 Å². The lowest BCUT2D eigenvalue weighted by Gasteiger charge is -2.19. The van der Waals surface area contributed by atoms with Crippen LogP contribution in [0.4, 0.5) is 0 Å². The van der Waals surface area contributed by atoms with E-state index >= 15 is 0 Å². The maximum Gasteiger partial charge on any atom is 0.328 e. The Balaban J connectivity index is 2.83. The van der Waals surface area contributed by atoms with Gasteiger partial charge in [0.15, 0.2) is 0 Å². The van der Waals surface area contributed by atoms with E-state index in [-0.39, 0.29) is 13.2 Å². The lowest BCUT2D eigenvalue weighted by atomic mass is 10.0. The number of carboxylic acid groups (broad SMARTS) is 1. The molecule has 0 heterocycles. The fourth-order valence-electron chi connectivity index (χ4n) is 1.63. The van der Waals surface area contributed by atoms with Crippen LogP contribution < -0.4 is 4.74 Å². The van der Waals surface area contributed by atoms with Gasteiger partial charge in [-0.15, -0.1) is 0 Å².